The molecule has 0 aliphatic carbocycles. The second-order valence-corrected chi connectivity index (χ2v) is 6.88. The molecule has 0 unspecified atom stereocenters. The second kappa shape index (κ2) is 20.6. The number of carboxylic acid groups (broad SMARTS) is 1. The summed E-state index contributed by atoms with van der Waals surface area (Å²) in [5.41, 5.74) is 1.56. The molecule has 0 atom stereocenters. The molecule has 2 rings (SSSR count). The summed E-state index contributed by atoms with van der Waals surface area (Å²) in [7, 11) is -3.35. The van der Waals surface area contributed by atoms with Gasteiger partial charge in [-0.25, -0.2) is 8.42 Å². The van der Waals surface area contributed by atoms with Crippen LogP contribution in [-0.4, -0.2) is 25.2 Å². The fraction of sp³-hybridized carbons (Fsp3) is 0.458. The number of carboxylic acids is 1. The van der Waals surface area contributed by atoms with Gasteiger partial charge in [0.15, 0.2) is 9.84 Å². The van der Waals surface area contributed by atoms with Crippen LogP contribution in [0.3, 0.4) is 0 Å². The minimum atomic E-state index is -3.35. The van der Waals surface area contributed by atoms with Crippen molar-refractivity contribution in [2.24, 2.45) is 0 Å². The number of aryl methyl sites for hydroxylation is 1. The average molecular weight is 425 g/mol. The summed E-state index contributed by atoms with van der Waals surface area (Å²) in [6, 6.07) is 15.5. The first-order valence-electron chi connectivity index (χ1n) is 10.5. The summed E-state index contributed by atoms with van der Waals surface area (Å²) in [6.07, 6.45) is 0.352. The number of rotatable bonds is 6. The van der Waals surface area contributed by atoms with Gasteiger partial charge in [-0.3, -0.25) is 4.79 Å². The summed E-state index contributed by atoms with van der Waals surface area (Å²) in [5, 5.41) is 8.69. The highest BCUT2D eigenvalue weighted by Gasteiger charge is 2.14. The number of aliphatic carboxylic acids is 1. The predicted octanol–water partition coefficient (Wildman–Crippen LogP) is 6.43. The Kier molecular flexibility index (Phi) is 22.4. The molecular formula is C24H40O4S. The first-order chi connectivity index (χ1) is 14.0. The Hall–Kier alpha value is -2.14. The molecule has 0 spiro atoms. The van der Waals surface area contributed by atoms with Crippen molar-refractivity contribution >= 4 is 15.8 Å². The molecule has 2 aromatic rings. The smallest absolute Gasteiger partial charge is 0.307 e. The Labute approximate surface area is 178 Å². The van der Waals surface area contributed by atoms with Gasteiger partial charge in [0, 0.05) is 0 Å². The average Bonchev–Trinajstić information content (AvgIpc) is 2.79. The molecule has 0 amide bonds. The summed E-state index contributed by atoms with van der Waals surface area (Å²) < 4.78 is 24.4. The molecule has 5 heteroatoms. The molecule has 29 heavy (non-hydrogen) atoms. The largest absolute Gasteiger partial charge is 0.481 e. The van der Waals surface area contributed by atoms with E-state index in [9.17, 15) is 13.2 Å². The van der Waals surface area contributed by atoms with Crippen LogP contribution in [-0.2, 0) is 27.5 Å². The Bertz CT molecular complexity index is 706. The van der Waals surface area contributed by atoms with E-state index in [1.807, 2.05) is 85.7 Å². The lowest BCUT2D eigenvalue weighted by molar-refractivity contribution is -0.136. The van der Waals surface area contributed by atoms with E-state index in [-0.39, 0.29) is 17.1 Å². The summed E-state index contributed by atoms with van der Waals surface area (Å²) in [6.45, 7) is 16.0. The van der Waals surface area contributed by atoms with Crippen LogP contribution in [0.25, 0.3) is 0 Å². The van der Waals surface area contributed by atoms with Gasteiger partial charge >= 0.3 is 5.97 Å². The minimum absolute atomic E-state index is 0.0370. The van der Waals surface area contributed by atoms with Gasteiger partial charge in [-0.1, -0.05) is 97.9 Å². The van der Waals surface area contributed by atoms with Crippen LogP contribution in [0, 0.1) is 0 Å². The number of hydrogen-bond acceptors (Lipinski definition) is 3. The van der Waals surface area contributed by atoms with E-state index in [0.717, 1.165) is 5.56 Å². The number of hydrogen-bond donors (Lipinski definition) is 1. The van der Waals surface area contributed by atoms with Crippen LogP contribution in [0.5, 0.6) is 0 Å². The first-order valence-corrected chi connectivity index (χ1v) is 12.2. The third-order valence-electron chi connectivity index (χ3n) is 3.14. The molecule has 0 aliphatic rings. The Morgan fingerprint density at radius 3 is 1.59 bits per heavy atom. The highest BCUT2D eigenvalue weighted by molar-refractivity contribution is 7.91. The lowest BCUT2D eigenvalue weighted by atomic mass is 10.2. The number of sulfone groups is 1. The molecule has 2 aromatic carbocycles. The van der Waals surface area contributed by atoms with Crippen molar-refractivity contribution in [3.05, 3.63) is 65.7 Å². The maximum absolute atomic E-state index is 12.2. The van der Waals surface area contributed by atoms with Gasteiger partial charge in [-0.05, 0) is 29.7 Å². The first kappa shape index (κ1) is 31.6. The van der Waals surface area contributed by atoms with E-state index in [2.05, 4.69) is 0 Å². The monoisotopic (exact) mass is 424 g/mol. The molecular weight excluding hydrogens is 384 g/mol. The van der Waals surface area contributed by atoms with Crippen LogP contribution in [0.2, 0.25) is 0 Å². The van der Waals surface area contributed by atoms with E-state index in [0.29, 0.717) is 12.0 Å². The molecule has 0 saturated carbocycles. The highest BCUT2D eigenvalue weighted by atomic mass is 32.2. The topological polar surface area (TPSA) is 71.4 Å². The Balaban J connectivity index is -0.000000754. The van der Waals surface area contributed by atoms with E-state index >= 15 is 0 Å². The van der Waals surface area contributed by atoms with Gasteiger partial charge in [0.1, 0.15) is 0 Å². The van der Waals surface area contributed by atoms with E-state index < -0.39 is 15.8 Å². The highest BCUT2D eigenvalue weighted by Crippen LogP contribution is 2.14. The van der Waals surface area contributed by atoms with Gasteiger partial charge in [-0.15, -0.1) is 0 Å². The van der Waals surface area contributed by atoms with Gasteiger partial charge in [0.05, 0.1) is 17.1 Å². The Morgan fingerprint density at radius 2 is 1.17 bits per heavy atom. The minimum Gasteiger partial charge on any atom is -0.481 e. The summed E-state index contributed by atoms with van der Waals surface area (Å²) in [4.78, 5) is 10.8. The van der Waals surface area contributed by atoms with Crippen molar-refractivity contribution in [3.8, 4) is 0 Å². The molecule has 0 aliphatic heterocycles. The molecule has 0 aromatic heterocycles. The van der Waals surface area contributed by atoms with E-state index in [1.54, 1.807) is 12.1 Å². The lowest BCUT2D eigenvalue weighted by Crippen LogP contribution is -2.09. The van der Waals surface area contributed by atoms with E-state index in [1.165, 1.54) is 12.1 Å². The van der Waals surface area contributed by atoms with Crippen LogP contribution >= 0.6 is 0 Å². The third kappa shape index (κ3) is 14.5. The van der Waals surface area contributed by atoms with Crippen molar-refractivity contribution in [2.75, 3.05) is 5.75 Å². The molecule has 1 N–H and O–H groups in total. The standard InChI is InChI=1S/C16H16O4S.4C2H6/c17-16(18)12-14-6-8-15(9-7-14)21(19,20)11-10-13-4-2-1-3-5-13;4*1-2/h1-9H,10-12H2,(H,17,18);4*1-2H3. The quantitative estimate of drug-likeness (QED) is 0.579. The molecule has 0 saturated heterocycles. The van der Waals surface area contributed by atoms with Crippen molar-refractivity contribution in [1.82, 2.24) is 0 Å². The van der Waals surface area contributed by atoms with Crippen molar-refractivity contribution in [2.45, 2.75) is 73.1 Å². The fourth-order valence-electron chi connectivity index (χ4n) is 2.00. The predicted molar refractivity (Wildman–Crippen MR) is 125 cm³/mol. The SMILES string of the molecule is CC.CC.CC.CC.O=C(O)Cc1ccc(S(=O)(=O)CCc2ccccc2)cc1. The van der Waals surface area contributed by atoms with Gasteiger partial charge in [-0.2, -0.15) is 0 Å². The third-order valence-corrected chi connectivity index (χ3v) is 4.87. The zero-order valence-corrected chi connectivity index (χ0v) is 20.2. The summed E-state index contributed by atoms with van der Waals surface area (Å²) in [5.74, 6) is -0.898. The molecule has 0 bridgehead atoms. The zero-order valence-electron chi connectivity index (χ0n) is 19.4. The molecule has 4 nitrogen and oxygen atoms in total. The Morgan fingerprint density at radius 1 is 0.724 bits per heavy atom. The molecule has 0 fully saturated rings. The van der Waals surface area contributed by atoms with Crippen LogP contribution < -0.4 is 0 Å². The van der Waals surface area contributed by atoms with Crippen LogP contribution in [0.1, 0.15) is 66.5 Å². The maximum atomic E-state index is 12.2. The molecule has 0 radical (unpaired) electrons. The normalized spacial score (nSPS) is 8.97. The lowest BCUT2D eigenvalue weighted by Gasteiger charge is -2.06. The zero-order chi connectivity index (χ0) is 23.3. The van der Waals surface area contributed by atoms with Crippen LogP contribution in [0.4, 0.5) is 0 Å². The second-order valence-electron chi connectivity index (χ2n) is 4.77. The van der Waals surface area contributed by atoms with Crippen molar-refractivity contribution in [3.63, 3.8) is 0 Å². The fourth-order valence-corrected chi connectivity index (χ4v) is 3.29. The summed E-state index contributed by atoms with van der Waals surface area (Å²) >= 11 is 0. The van der Waals surface area contributed by atoms with Gasteiger partial charge in [0.25, 0.3) is 0 Å². The molecule has 0 heterocycles. The number of carbonyl (C=O) groups is 1. The van der Waals surface area contributed by atoms with Crippen LogP contribution in [0.15, 0.2) is 59.5 Å². The van der Waals surface area contributed by atoms with Gasteiger partial charge in [0.2, 0.25) is 0 Å². The maximum Gasteiger partial charge on any atom is 0.307 e. The van der Waals surface area contributed by atoms with Crippen molar-refractivity contribution < 1.29 is 18.3 Å². The molecule has 166 valence electrons. The van der Waals surface area contributed by atoms with E-state index in [4.69, 9.17) is 5.11 Å². The van der Waals surface area contributed by atoms with Crippen molar-refractivity contribution in [1.29, 1.82) is 0 Å². The number of benzene rings is 2. The van der Waals surface area contributed by atoms with Gasteiger partial charge < -0.3 is 5.11 Å².